The zero-order valence-corrected chi connectivity index (χ0v) is 11.6. The Kier molecular flexibility index (Phi) is 5.66. The monoisotopic (exact) mass is 251 g/mol. The lowest BCUT2D eigenvalue weighted by atomic mass is 9.78. The molecule has 0 fully saturated rings. The van der Waals surface area contributed by atoms with Gasteiger partial charge in [-0.25, -0.2) is 0 Å². The van der Waals surface area contributed by atoms with Crippen LogP contribution in [0.4, 0.5) is 0 Å². The summed E-state index contributed by atoms with van der Waals surface area (Å²) in [7, 11) is 0.0157. The normalized spacial score (nSPS) is 11.1. The average Bonchev–Trinajstić information content (AvgIpc) is 2.35. The Balaban J connectivity index is 2.94. The number of hydrogen-bond donors (Lipinski definition) is 2. The van der Waals surface area contributed by atoms with Gasteiger partial charge in [0.25, 0.3) is 0 Å². The van der Waals surface area contributed by atoms with Crippen molar-refractivity contribution in [2.24, 2.45) is 0 Å². The quantitative estimate of drug-likeness (QED) is 0.727. The summed E-state index contributed by atoms with van der Waals surface area (Å²) in [5.74, 6) is 0.501. The maximum absolute atomic E-state index is 9.32. The number of methoxy groups -OCH3 is 1. The van der Waals surface area contributed by atoms with E-state index < -0.39 is 7.12 Å². The molecule has 0 spiro atoms. The molecule has 0 aliphatic heterocycles. The summed E-state index contributed by atoms with van der Waals surface area (Å²) in [6, 6.07) is 5.97. The highest BCUT2D eigenvalue weighted by atomic mass is 16.5. The minimum atomic E-state index is -1.51. The maximum Gasteiger partial charge on any atom is 0.492 e. The Morgan fingerprint density at radius 2 is 2.00 bits per heavy atom. The van der Waals surface area contributed by atoms with E-state index in [0.29, 0.717) is 17.3 Å². The number of hydrogen-bond acceptors (Lipinski definition) is 4. The number of nitrogens with zero attached hydrogens (tertiary/aromatic N) is 1. The van der Waals surface area contributed by atoms with Gasteiger partial charge >= 0.3 is 7.12 Å². The Bertz CT molecular complexity index is 382. The van der Waals surface area contributed by atoms with Gasteiger partial charge in [-0.15, -0.1) is 0 Å². The first-order valence-electron chi connectivity index (χ1n) is 6.26. The predicted octanol–water partition coefficient (Wildman–Crippen LogP) is 0.605. The lowest BCUT2D eigenvalue weighted by Gasteiger charge is -2.25. The van der Waals surface area contributed by atoms with Gasteiger partial charge in [0.05, 0.1) is 7.11 Å². The van der Waals surface area contributed by atoms with Crippen LogP contribution in [0.5, 0.6) is 5.75 Å². The predicted molar refractivity (Wildman–Crippen MR) is 74.0 cm³/mol. The summed E-state index contributed by atoms with van der Waals surface area (Å²) in [6.45, 7) is 8.16. The molecule has 18 heavy (non-hydrogen) atoms. The Morgan fingerprint density at radius 3 is 2.44 bits per heavy atom. The van der Waals surface area contributed by atoms with Crippen LogP contribution in [0.3, 0.4) is 0 Å². The lowest BCUT2D eigenvalue weighted by Crippen LogP contribution is -2.33. The van der Waals surface area contributed by atoms with Crippen LogP contribution in [0.15, 0.2) is 18.2 Å². The van der Waals surface area contributed by atoms with E-state index in [2.05, 4.69) is 25.7 Å². The van der Waals surface area contributed by atoms with Crippen LogP contribution in [0.25, 0.3) is 0 Å². The molecule has 0 aromatic heterocycles. The molecule has 2 N–H and O–H groups in total. The molecule has 4 nitrogen and oxygen atoms in total. The molecule has 0 amide bonds. The van der Waals surface area contributed by atoms with Crippen LogP contribution >= 0.6 is 0 Å². The van der Waals surface area contributed by atoms with Crippen molar-refractivity contribution in [3.63, 3.8) is 0 Å². The topological polar surface area (TPSA) is 52.9 Å². The lowest BCUT2D eigenvalue weighted by molar-refractivity contribution is 0.225. The molecule has 5 heteroatoms. The molecule has 0 saturated heterocycles. The Labute approximate surface area is 109 Å². The van der Waals surface area contributed by atoms with E-state index in [0.717, 1.165) is 18.7 Å². The fourth-order valence-electron chi connectivity index (χ4n) is 1.98. The smallest absolute Gasteiger partial charge is 0.492 e. The van der Waals surface area contributed by atoms with Crippen LogP contribution in [0.2, 0.25) is 0 Å². The van der Waals surface area contributed by atoms with Gasteiger partial charge in [-0.05, 0) is 32.0 Å². The molecular formula is C13H22BNO3. The van der Waals surface area contributed by atoms with Crippen molar-refractivity contribution >= 4 is 12.6 Å². The van der Waals surface area contributed by atoms with E-state index in [1.54, 1.807) is 12.1 Å². The molecule has 0 unspecified atom stereocenters. The van der Waals surface area contributed by atoms with E-state index in [-0.39, 0.29) is 0 Å². The van der Waals surface area contributed by atoms with Gasteiger partial charge in [0, 0.05) is 18.0 Å². The molecule has 100 valence electrons. The summed E-state index contributed by atoms with van der Waals surface area (Å²) in [5.41, 5.74) is 1.46. The summed E-state index contributed by atoms with van der Waals surface area (Å²) in [6.07, 6.45) is 0. The zero-order valence-electron chi connectivity index (χ0n) is 11.6. The largest absolute Gasteiger partial charge is 0.497 e. The van der Waals surface area contributed by atoms with Gasteiger partial charge in [0.1, 0.15) is 5.75 Å². The average molecular weight is 251 g/mol. The third kappa shape index (κ3) is 3.73. The number of rotatable bonds is 6. The fourth-order valence-corrected chi connectivity index (χ4v) is 1.98. The fraction of sp³-hybridized carbons (Fsp3) is 0.538. The summed E-state index contributed by atoms with van der Waals surface area (Å²) in [4.78, 5) is 2.30. The number of ether oxygens (including phenoxy) is 1. The van der Waals surface area contributed by atoms with Crippen LogP contribution in [-0.4, -0.2) is 41.8 Å². The molecular weight excluding hydrogens is 229 g/mol. The second-order valence-corrected chi connectivity index (χ2v) is 4.61. The summed E-state index contributed by atoms with van der Waals surface area (Å²) >= 11 is 0. The van der Waals surface area contributed by atoms with Crippen LogP contribution in [0, 0.1) is 0 Å². The zero-order chi connectivity index (χ0) is 13.7. The second kappa shape index (κ2) is 6.78. The van der Waals surface area contributed by atoms with E-state index in [1.165, 1.54) is 7.11 Å². The molecule has 0 radical (unpaired) electrons. The molecule has 1 aromatic rings. The van der Waals surface area contributed by atoms with Crippen molar-refractivity contribution in [1.82, 2.24) is 4.90 Å². The summed E-state index contributed by atoms with van der Waals surface area (Å²) < 4.78 is 5.11. The summed E-state index contributed by atoms with van der Waals surface area (Å²) in [5, 5.41) is 18.6. The highest BCUT2D eigenvalue weighted by Gasteiger charge is 2.18. The van der Waals surface area contributed by atoms with E-state index in [1.807, 2.05) is 6.07 Å². The molecule has 0 saturated carbocycles. The van der Waals surface area contributed by atoms with Gasteiger partial charge in [-0.1, -0.05) is 19.1 Å². The van der Waals surface area contributed by atoms with Crippen molar-refractivity contribution in [2.75, 3.05) is 13.7 Å². The maximum atomic E-state index is 9.32. The third-order valence-electron chi connectivity index (χ3n) is 3.09. The van der Waals surface area contributed by atoms with Crippen molar-refractivity contribution in [2.45, 2.75) is 33.4 Å². The van der Waals surface area contributed by atoms with E-state index in [4.69, 9.17) is 4.74 Å². The highest BCUT2D eigenvalue weighted by Crippen LogP contribution is 2.13. The first kappa shape index (κ1) is 15.0. The molecule has 0 atom stereocenters. The number of benzene rings is 1. The van der Waals surface area contributed by atoms with Gasteiger partial charge in [0.15, 0.2) is 0 Å². The second-order valence-electron chi connectivity index (χ2n) is 4.61. The first-order valence-corrected chi connectivity index (χ1v) is 6.26. The minimum absolute atomic E-state index is 0.412. The van der Waals surface area contributed by atoms with Crippen LogP contribution < -0.4 is 10.2 Å². The molecule has 1 rings (SSSR count). The van der Waals surface area contributed by atoms with Crippen molar-refractivity contribution < 1.29 is 14.8 Å². The molecule has 0 heterocycles. The van der Waals surface area contributed by atoms with Gasteiger partial charge in [-0.3, -0.25) is 4.90 Å². The third-order valence-corrected chi connectivity index (χ3v) is 3.09. The van der Waals surface area contributed by atoms with Crippen molar-refractivity contribution in [3.8, 4) is 5.75 Å². The standard InChI is InChI=1S/C13H22BNO3/c1-5-15(10(2)3)9-11-6-7-13(18-4)12(8-11)14(16)17/h6-8,10,16-17H,5,9H2,1-4H3. The van der Waals surface area contributed by atoms with Gasteiger partial charge in [-0.2, -0.15) is 0 Å². The van der Waals surface area contributed by atoms with Crippen molar-refractivity contribution in [3.05, 3.63) is 23.8 Å². The van der Waals surface area contributed by atoms with Gasteiger partial charge in [0.2, 0.25) is 0 Å². The van der Waals surface area contributed by atoms with Crippen molar-refractivity contribution in [1.29, 1.82) is 0 Å². The van der Waals surface area contributed by atoms with Crippen LogP contribution in [-0.2, 0) is 6.54 Å². The Morgan fingerprint density at radius 1 is 1.33 bits per heavy atom. The minimum Gasteiger partial charge on any atom is -0.497 e. The van der Waals surface area contributed by atoms with Crippen LogP contribution in [0.1, 0.15) is 26.3 Å². The SMILES string of the molecule is CCN(Cc1ccc(OC)c(B(O)O)c1)C(C)C. The van der Waals surface area contributed by atoms with Gasteiger partial charge < -0.3 is 14.8 Å². The molecule has 1 aromatic carbocycles. The molecule has 0 aliphatic rings. The molecule has 0 aliphatic carbocycles. The highest BCUT2D eigenvalue weighted by molar-refractivity contribution is 6.59. The first-order chi connectivity index (χ1) is 8.49. The van der Waals surface area contributed by atoms with E-state index in [9.17, 15) is 10.0 Å². The Hall–Kier alpha value is -1.04. The molecule has 0 bridgehead atoms. The van der Waals surface area contributed by atoms with E-state index >= 15 is 0 Å².